The summed E-state index contributed by atoms with van der Waals surface area (Å²) >= 11 is 0. The molecule has 0 saturated carbocycles. The zero-order valence-electron chi connectivity index (χ0n) is 15.4. The van der Waals surface area contributed by atoms with E-state index in [0.717, 1.165) is 26.0 Å². The molecular weight excluding hydrogens is 280 g/mol. The normalized spacial score (nSPS) is 23.0. The van der Waals surface area contributed by atoms with Gasteiger partial charge in [-0.05, 0) is 59.9 Å². The van der Waals surface area contributed by atoms with Crippen LogP contribution in [0.4, 0.5) is 4.79 Å². The minimum atomic E-state index is -0.444. The lowest BCUT2D eigenvalue weighted by Gasteiger charge is -2.36. The van der Waals surface area contributed by atoms with Crippen LogP contribution >= 0.6 is 0 Å². The highest BCUT2D eigenvalue weighted by Crippen LogP contribution is 2.24. The monoisotopic (exact) mass is 314 g/mol. The number of carbonyl (C=O) groups excluding carboxylic acids is 1. The van der Waals surface area contributed by atoms with Gasteiger partial charge in [-0.1, -0.05) is 6.92 Å². The number of ether oxygens (including phenoxy) is 2. The third kappa shape index (κ3) is 7.45. The van der Waals surface area contributed by atoms with E-state index in [0.29, 0.717) is 18.5 Å². The molecule has 1 aliphatic rings. The van der Waals surface area contributed by atoms with E-state index in [1.807, 2.05) is 20.8 Å². The van der Waals surface area contributed by atoms with Crippen LogP contribution in [0.1, 0.15) is 54.4 Å². The molecule has 1 saturated heterocycles. The molecule has 130 valence electrons. The number of amides is 1. The van der Waals surface area contributed by atoms with Crippen LogP contribution in [0, 0.1) is 5.92 Å². The molecule has 5 heteroatoms. The summed E-state index contributed by atoms with van der Waals surface area (Å²) in [6, 6.07) is 0.498. The first kappa shape index (κ1) is 19.2. The summed E-state index contributed by atoms with van der Waals surface area (Å²) in [5.74, 6) is 0.378. The van der Waals surface area contributed by atoms with Crippen molar-refractivity contribution in [2.75, 3.05) is 26.7 Å². The first-order chi connectivity index (χ1) is 9.98. The number of hydrogen-bond acceptors (Lipinski definition) is 4. The lowest BCUT2D eigenvalue weighted by Crippen LogP contribution is -2.46. The Labute approximate surface area is 135 Å². The zero-order chi connectivity index (χ0) is 17.0. The molecule has 0 aromatic carbocycles. The predicted octanol–water partition coefficient (Wildman–Crippen LogP) is 3.04. The van der Waals surface area contributed by atoms with Crippen molar-refractivity contribution in [3.8, 4) is 0 Å². The number of hydrogen-bond donors (Lipinski definition) is 1. The summed E-state index contributed by atoms with van der Waals surface area (Å²) in [5, 5.41) is 3.61. The molecule has 0 aliphatic carbocycles. The van der Waals surface area contributed by atoms with Crippen LogP contribution in [-0.4, -0.2) is 55.0 Å². The molecule has 1 fully saturated rings. The first-order valence-electron chi connectivity index (χ1n) is 8.30. The Morgan fingerprint density at radius 1 is 1.45 bits per heavy atom. The SMILES string of the molecule is CC(CNC1CCOC(C)(C)C1)CN(C)C(=O)OC(C)(C)C. The molecule has 0 bridgehead atoms. The molecule has 1 heterocycles. The van der Waals surface area contributed by atoms with Gasteiger partial charge < -0.3 is 19.7 Å². The maximum Gasteiger partial charge on any atom is 0.410 e. The Morgan fingerprint density at radius 3 is 2.64 bits per heavy atom. The van der Waals surface area contributed by atoms with Gasteiger partial charge in [0.05, 0.1) is 5.60 Å². The van der Waals surface area contributed by atoms with E-state index in [2.05, 4.69) is 26.1 Å². The first-order valence-corrected chi connectivity index (χ1v) is 8.30. The highest BCUT2D eigenvalue weighted by molar-refractivity contribution is 5.67. The highest BCUT2D eigenvalue weighted by Gasteiger charge is 2.28. The van der Waals surface area contributed by atoms with Gasteiger partial charge in [0.15, 0.2) is 0 Å². The minimum Gasteiger partial charge on any atom is -0.444 e. The van der Waals surface area contributed by atoms with Crippen molar-refractivity contribution in [1.29, 1.82) is 0 Å². The van der Waals surface area contributed by atoms with Crippen LogP contribution in [0.3, 0.4) is 0 Å². The summed E-state index contributed by atoms with van der Waals surface area (Å²) in [7, 11) is 1.79. The Hall–Kier alpha value is -0.810. The standard InChI is InChI=1S/C17H34N2O3/c1-13(12-19(7)15(20)22-16(2,3)4)11-18-14-8-9-21-17(5,6)10-14/h13-14,18H,8-12H2,1-7H3. The van der Waals surface area contributed by atoms with Crippen LogP contribution in [0.2, 0.25) is 0 Å². The van der Waals surface area contributed by atoms with Crippen molar-refractivity contribution in [2.24, 2.45) is 5.92 Å². The lowest BCUT2D eigenvalue weighted by atomic mass is 9.93. The van der Waals surface area contributed by atoms with Crippen molar-refractivity contribution in [1.82, 2.24) is 10.2 Å². The smallest absolute Gasteiger partial charge is 0.410 e. The molecule has 0 spiro atoms. The summed E-state index contributed by atoms with van der Waals surface area (Å²) in [6.07, 6.45) is 1.83. The van der Waals surface area contributed by atoms with Crippen LogP contribution in [-0.2, 0) is 9.47 Å². The van der Waals surface area contributed by atoms with Gasteiger partial charge in [-0.3, -0.25) is 0 Å². The van der Waals surface area contributed by atoms with Crippen molar-refractivity contribution >= 4 is 6.09 Å². The fraction of sp³-hybridized carbons (Fsp3) is 0.941. The van der Waals surface area contributed by atoms with E-state index in [9.17, 15) is 4.79 Å². The summed E-state index contributed by atoms with van der Waals surface area (Å²) < 4.78 is 11.1. The minimum absolute atomic E-state index is 0.0353. The van der Waals surface area contributed by atoms with E-state index in [1.165, 1.54) is 0 Å². The topological polar surface area (TPSA) is 50.8 Å². The molecular formula is C17H34N2O3. The second kappa shape index (κ2) is 7.64. The molecule has 1 N–H and O–H groups in total. The summed E-state index contributed by atoms with van der Waals surface area (Å²) in [4.78, 5) is 13.6. The number of carbonyl (C=O) groups is 1. The average molecular weight is 314 g/mol. The van der Waals surface area contributed by atoms with Crippen molar-refractivity contribution in [2.45, 2.75) is 71.6 Å². The van der Waals surface area contributed by atoms with Crippen molar-refractivity contribution in [3.05, 3.63) is 0 Å². The van der Waals surface area contributed by atoms with Gasteiger partial charge in [-0.25, -0.2) is 4.79 Å². The van der Waals surface area contributed by atoms with Crippen LogP contribution in [0.25, 0.3) is 0 Å². The third-order valence-corrected chi connectivity index (χ3v) is 3.74. The van der Waals surface area contributed by atoms with Crippen LogP contribution in [0.5, 0.6) is 0 Å². The molecule has 22 heavy (non-hydrogen) atoms. The van der Waals surface area contributed by atoms with Crippen molar-refractivity contribution < 1.29 is 14.3 Å². The lowest BCUT2D eigenvalue weighted by molar-refractivity contribution is -0.0631. The fourth-order valence-electron chi connectivity index (χ4n) is 2.72. The Kier molecular flexibility index (Phi) is 6.68. The van der Waals surface area contributed by atoms with Crippen LogP contribution < -0.4 is 5.32 Å². The predicted molar refractivity (Wildman–Crippen MR) is 89.1 cm³/mol. The van der Waals surface area contributed by atoms with Gasteiger partial charge in [-0.2, -0.15) is 0 Å². The van der Waals surface area contributed by atoms with Crippen molar-refractivity contribution in [3.63, 3.8) is 0 Å². The Balaban J connectivity index is 2.30. The van der Waals surface area contributed by atoms with E-state index < -0.39 is 5.60 Å². The molecule has 1 rings (SSSR count). The molecule has 5 nitrogen and oxygen atoms in total. The van der Waals surface area contributed by atoms with Crippen LogP contribution in [0.15, 0.2) is 0 Å². The zero-order valence-corrected chi connectivity index (χ0v) is 15.4. The van der Waals surface area contributed by atoms with E-state index in [1.54, 1.807) is 11.9 Å². The molecule has 1 amide bonds. The largest absolute Gasteiger partial charge is 0.444 e. The molecule has 0 radical (unpaired) electrons. The van der Waals surface area contributed by atoms with Gasteiger partial charge in [0, 0.05) is 26.2 Å². The van der Waals surface area contributed by atoms with E-state index in [-0.39, 0.29) is 11.7 Å². The van der Waals surface area contributed by atoms with Gasteiger partial charge in [-0.15, -0.1) is 0 Å². The number of nitrogens with zero attached hydrogens (tertiary/aromatic N) is 1. The molecule has 2 atom stereocenters. The van der Waals surface area contributed by atoms with Gasteiger partial charge in [0.1, 0.15) is 5.60 Å². The Bertz CT molecular complexity index is 363. The number of rotatable bonds is 5. The second-order valence-corrected chi connectivity index (χ2v) is 8.17. The van der Waals surface area contributed by atoms with Gasteiger partial charge in [0.25, 0.3) is 0 Å². The molecule has 1 aliphatic heterocycles. The molecule has 2 unspecified atom stereocenters. The van der Waals surface area contributed by atoms with E-state index >= 15 is 0 Å². The third-order valence-electron chi connectivity index (χ3n) is 3.74. The average Bonchev–Trinajstić information content (AvgIpc) is 2.33. The maximum atomic E-state index is 12.0. The van der Waals surface area contributed by atoms with Gasteiger partial charge in [0.2, 0.25) is 0 Å². The summed E-state index contributed by atoms with van der Waals surface area (Å²) in [5.41, 5.74) is -0.479. The maximum absolute atomic E-state index is 12.0. The highest BCUT2D eigenvalue weighted by atomic mass is 16.6. The molecule has 0 aromatic rings. The second-order valence-electron chi connectivity index (χ2n) is 8.17. The number of nitrogens with one attached hydrogen (secondary N) is 1. The fourth-order valence-corrected chi connectivity index (χ4v) is 2.72. The van der Waals surface area contributed by atoms with Gasteiger partial charge >= 0.3 is 6.09 Å². The quantitative estimate of drug-likeness (QED) is 0.847. The van der Waals surface area contributed by atoms with E-state index in [4.69, 9.17) is 9.47 Å². The summed E-state index contributed by atoms with van der Waals surface area (Å²) in [6.45, 7) is 14.5. The molecule has 0 aromatic heterocycles. The Morgan fingerprint density at radius 2 is 2.09 bits per heavy atom.